The molecule has 1 fully saturated rings. The molecule has 7 heteroatoms. The third kappa shape index (κ3) is 2.63. The quantitative estimate of drug-likeness (QED) is 0.609. The third-order valence-corrected chi connectivity index (χ3v) is 3.82. The average molecular weight is 282 g/mol. The van der Waals surface area contributed by atoms with Gasteiger partial charge in [-0.05, 0) is 32.6 Å². The highest BCUT2D eigenvalue weighted by atomic mass is 16.6. The first-order chi connectivity index (χ1) is 9.60. The predicted molar refractivity (Wildman–Crippen MR) is 76.0 cm³/mol. The number of hydrogen-bond donors (Lipinski definition) is 1. The van der Waals surface area contributed by atoms with Gasteiger partial charge in [0.15, 0.2) is 0 Å². The van der Waals surface area contributed by atoms with E-state index in [-0.39, 0.29) is 23.3 Å². The number of nitro groups is 1. The van der Waals surface area contributed by atoms with Crippen molar-refractivity contribution < 1.29 is 10.0 Å². The molecule has 1 aromatic rings. The molecule has 0 saturated heterocycles. The Bertz CT molecular complexity index is 482. The van der Waals surface area contributed by atoms with Gasteiger partial charge in [-0.1, -0.05) is 6.92 Å². The number of anilines is 1. The molecule has 0 atom stereocenters. The smallest absolute Gasteiger partial charge is 0.333 e. The summed E-state index contributed by atoms with van der Waals surface area (Å²) in [7, 11) is 0. The maximum atomic E-state index is 11.4. The van der Waals surface area contributed by atoms with Crippen molar-refractivity contribution in [2.24, 2.45) is 0 Å². The molecule has 1 heterocycles. The van der Waals surface area contributed by atoms with Crippen LogP contribution in [0.4, 0.5) is 11.5 Å². The van der Waals surface area contributed by atoms with Crippen LogP contribution in [0.2, 0.25) is 0 Å². The van der Waals surface area contributed by atoms with Gasteiger partial charge in [0.2, 0.25) is 5.82 Å². The Labute approximate surface area is 118 Å². The molecule has 1 aliphatic carbocycles. The molecular weight excluding hydrogens is 260 g/mol. The van der Waals surface area contributed by atoms with Crippen molar-refractivity contribution in [3.8, 4) is 0 Å². The first kappa shape index (κ1) is 14.8. The summed E-state index contributed by atoms with van der Waals surface area (Å²) < 4.78 is 1.72. The first-order valence-electron chi connectivity index (χ1n) is 7.19. The van der Waals surface area contributed by atoms with Gasteiger partial charge in [0.1, 0.15) is 5.69 Å². The van der Waals surface area contributed by atoms with Crippen LogP contribution in [0.1, 0.15) is 38.3 Å². The van der Waals surface area contributed by atoms with Gasteiger partial charge in [0, 0.05) is 19.1 Å². The van der Waals surface area contributed by atoms with Crippen molar-refractivity contribution in [2.45, 2.75) is 52.1 Å². The zero-order chi connectivity index (χ0) is 14.7. The summed E-state index contributed by atoms with van der Waals surface area (Å²) >= 11 is 0. The van der Waals surface area contributed by atoms with Crippen molar-refractivity contribution in [1.29, 1.82) is 0 Å². The van der Waals surface area contributed by atoms with E-state index in [0.717, 1.165) is 25.7 Å². The Morgan fingerprint density at radius 1 is 1.55 bits per heavy atom. The molecule has 112 valence electrons. The molecule has 1 aliphatic rings. The topological polar surface area (TPSA) is 84.4 Å². The third-order valence-electron chi connectivity index (χ3n) is 3.82. The van der Waals surface area contributed by atoms with Gasteiger partial charge in [0.25, 0.3) is 0 Å². The minimum absolute atomic E-state index is 0.00991. The van der Waals surface area contributed by atoms with Crippen LogP contribution in [0.15, 0.2) is 0 Å². The second-order valence-electron chi connectivity index (χ2n) is 5.24. The highest BCUT2D eigenvalue weighted by molar-refractivity contribution is 5.62. The van der Waals surface area contributed by atoms with Crippen molar-refractivity contribution >= 4 is 11.5 Å². The molecule has 1 N–H and O–H groups in total. The number of aryl methyl sites for hydroxylation is 2. The molecule has 1 saturated carbocycles. The number of rotatable bonds is 7. The fourth-order valence-corrected chi connectivity index (χ4v) is 2.69. The van der Waals surface area contributed by atoms with Crippen molar-refractivity contribution in [3.63, 3.8) is 0 Å². The summed E-state index contributed by atoms with van der Waals surface area (Å²) in [6, 6.07) is 0.285. The molecule has 0 spiro atoms. The maximum absolute atomic E-state index is 11.4. The normalized spacial score (nSPS) is 15.2. The Kier molecular flexibility index (Phi) is 4.59. The lowest BCUT2D eigenvalue weighted by Crippen LogP contribution is -2.43. The molecule has 0 aromatic carbocycles. The monoisotopic (exact) mass is 282 g/mol. The minimum Gasteiger partial charge on any atom is -0.395 e. The molecule has 1 aromatic heterocycles. The fourth-order valence-electron chi connectivity index (χ4n) is 2.69. The minimum atomic E-state index is -0.354. The van der Waals surface area contributed by atoms with Gasteiger partial charge < -0.3 is 10.0 Å². The van der Waals surface area contributed by atoms with E-state index in [1.54, 1.807) is 11.6 Å². The molecule has 0 bridgehead atoms. The Balaban J connectivity index is 2.45. The summed E-state index contributed by atoms with van der Waals surface area (Å²) in [5.74, 6) is 0.563. The maximum Gasteiger partial charge on any atom is 0.333 e. The van der Waals surface area contributed by atoms with Crippen LogP contribution in [-0.4, -0.2) is 39.0 Å². The van der Waals surface area contributed by atoms with E-state index in [0.29, 0.717) is 24.6 Å². The van der Waals surface area contributed by atoms with Crippen LogP contribution in [0.3, 0.4) is 0 Å². The van der Waals surface area contributed by atoms with Crippen molar-refractivity contribution in [2.75, 3.05) is 18.1 Å². The summed E-state index contributed by atoms with van der Waals surface area (Å²) in [4.78, 5) is 13.0. The van der Waals surface area contributed by atoms with Crippen LogP contribution in [0.25, 0.3) is 0 Å². The van der Waals surface area contributed by atoms with Crippen molar-refractivity contribution in [3.05, 3.63) is 15.8 Å². The molecule has 0 aliphatic heterocycles. The molecule has 0 amide bonds. The Hall–Kier alpha value is -1.63. The van der Waals surface area contributed by atoms with E-state index in [1.165, 1.54) is 0 Å². The second-order valence-corrected chi connectivity index (χ2v) is 5.24. The van der Waals surface area contributed by atoms with E-state index in [1.807, 2.05) is 11.8 Å². The lowest BCUT2D eigenvalue weighted by molar-refractivity contribution is -0.384. The summed E-state index contributed by atoms with van der Waals surface area (Å²) in [5, 5.41) is 25.0. The summed E-state index contributed by atoms with van der Waals surface area (Å²) in [6.45, 7) is 4.75. The first-order valence-corrected chi connectivity index (χ1v) is 7.19. The highest BCUT2D eigenvalue weighted by Gasteiger charge is 2.34. The summed E-state index contributed by atoms with van der Waals surface area (Å²) in [5.41, 5.74) is 0.527. The molecule has 0 radical (unpaired) electrons. The van der Waals surface area contributed by atoms with Crippen LogP contribution < -0.4 is 4.90 Å². The van der Waals surface area contributed by atoms with E-state index in [9.17, 15) is 15.2 Å². The predicted octanol–water partition coefficient (Wildman–Crippen LogP) is 1.86. The van der Waals surface area contributed by atoms with E-state index in [2.05, 4.69) is 5.10 Å². The second kappa shape index (κ2) is 6.21. The van der Waals surface area contributed by atoms with Gasteiger partial charge in [-0.25, -0.2) is 4.68 Å². The Morgan fingerprint density at radius 3 is 2.70 bits per heavy atom. The zero-order valence-corrected chi connectivity index (χ0v) is 12.1. The van der Waals surface area contributed by atoms with Gasteiger partial charge >= 0.3 is 5.69 Å². The van der Waals surface area contributed by atoms with Crippen molar-refractivity contribution in [1.82, 2.24) is 9.78 Å². The number of aliphatic hydroxyl groups is 1. The molecule has 2 rings (SSSR count). The van der Waals surface area contributed by atoms with Gasteiger partial charge in [-0.2, -0.15) is 5.10 Å². The molecule has 7 nitrogen and oxygen atoms in total. The standard InChI is InChI=1S/C13H22N4O3/c1-3-7-16-13(12(17(19)20)10(2)14-16)15(8-9-18)11-5-4-6-11/h11,18H,3-9H2,1-2H3. The fraction of sp³-hybridized carbons (Fsp3) is 0.769. The van der Waals surface area contributed by atoms with Gasteiger partial charge in [-0.3, -0.25) is 10.1 Å². The number of aromatic nitrogens is 2. The van der Waals surface area contributed by atoms with Crippen LogP contribution in [0, 0.1) is 17.0 Å². The van der Waals surface area contributed by atoms with E-state index >= 15 is 0 Å². The zero-order valence-electron chi connectivity index (χ0n) is 12.1. The lowest BCUT2D eigenvalue weighted by atomic mass is 9.91. The van der Waals surface area contributed by atoms with E-state index in [4.69, 9.17) is 0 Å². The van der Waals surface area contributed by atoms with Crippen LogP contribution in [-0.2, 0) is 6.54 Å². The summed E-state index contributed by atoms with van der Waals surface area (Å²) in [6.07, 6.45) is 4.05. The average Bonchev–Trinajstić information content (AvgIpc) is 2.63. The van der Waals surface area contributed by atoms with Gasteiger partial charge in [0.05, 0.1) is 11.5 Å². The highest BCUT2D eigenvalue weighted by Crippen LogP contribution is 2.37. The number of hydrogen-bond acceptors (Lipinski definition) is 5. The Morgan fingerprint density at radius 2 is 2.25 bits per heavy atom. The molecule has 0 unspecified atom stereocenters. The number of aliphatic hydroxyl groups excluding tert-OH is 1. The van der Waals surface area contributed by atoms with E-state index < -0.39 is 0 Å². The number of nitrogens with zero attached hydrogens (tertiary/aromatic N) is 4. The lowest BCUT2D eigenvalue weighted by Gasteiger charge is -2.38. The SMILES string of the molecule is CCCn1nc(C)c([N+](=O)[O-])c1N(CCO)C1CCC1. The molecular formula is C13H22N4O3. The van der Waals surface area contributed by atoms with Crippen LogP contribution in [0.5, 0.6) is 0 Å². The van der Waals surface area contributed by atoms with Crippen LogP contribution >= 0.6 is 0 Å². The molecule has 20 heavy (non-hydrogen) atoms. The largest absolute Gasteiger partial charge is 0.395 e. The van der Waals surface area contributed by atoms with Gasteiger partial charge in [-0.15, -0.1) is 0 Å².